The largest absolute Gasteiger partial charge is 0.416 e. The van der Waals surface area contributed by atoms with Gasteiger partial charge in [-0.2, -0.15) is 13.2 Å². The van der Waals surface area contributed by atoms with E-state index in [4.69, 9.17) is 11.6 Å². The van der Waals surface area contributed by atoms with Crippen LogP contribution in [0.1, 0.15) is 26.6 Å². The van der Waals surface area contributed by atoms with Gasteiger partial charge in [0.05, 0.1) is 12.0 Å². The summed E-state index contributed by atoms with van der Waals surface area (Å²) in [4.78, 5) is 16.1. The Morgan fingerprint density at radius 3 is 2.89 bits per heavy atom. The van der Waals surface area contributed by atoms with Crippen molar-refractivity contribution in [2.75, 3.05) is 0 Å². The summed E-state index contributed by atoms with van der Waals surface area (Å²) >= 11 is 7.48. The summed E-state index contributed by atoms with van der Waals surface area (Å²) in [6, 6.07) is 4.73. The Kier molecular flexibility index (Phi) is 4.61. The Bertz CT molecular complexity index is 1100. The van der Waals surface area contributed by atoms with Crippen LogP contribution < -0.4 is 0 Å². The molecule has 0 amide bonds. The predicted molar refractivity (Wildman–Crippen MR) is 97.8 cm³/mol. The minimum Gasteiger partial charge on any atom is -0.346 e. The van der Waals surface area contributed by atoms with Crippen LogP contribution in [0.3, 0.4) is 0 Å². The standard InChI is InChI=1S/C18H11ClF3N4S/c19-16-14(6-10-9-25-17-12(10)2-1-4-24-17)27-15(26-16)7-11-8-23-5-3-13(11)18(20,21)22/h1-5,7-9H,6H2,(H,24,25). The molecule has 0 aliphatic carbocycles. The molecule has 9 heteroatoms. The van der Waals surface area contributed by atoms with Gasteiger partial charge in [0.1, 0.15) is 15.8 Å². The summed E-state index contributed by atoms with van der Waals surface area (Å²) in [6.45, 7) is 0. The number of pyridine rings is 2. The van der Waals surface area contributed by atoms with Crippen molar-refractivity contribution in [2.45, 2.75) is 12.6 Å². The second-order valence-electron chi connectivity index (χ2n) is 5.76. The zero-order valence-electron chi connectivity index (χ0n) is 13.6. The van der Waals surface area contributed by atoms with E-state index in [2.05, 4.69) is 19.9 Å². The van der Waals surface area contributed by atoms with E-state index in [-0.39, 0.29) is 10.7 Å². The fourth-order valence-corrected chi connectivity index (χ4v) is 4.02. The summed E-state index contributed by atoms with van der Waals surface area (Å²) < 4.78 is 39.4. The smallest absolute Gasteiger partial charge is 0.346 e. The monoisotopic (exact) mass is 407 g/mol. The molecule has 137 valence electrons. The van der Waals surface area contributed by atoms with Gasteiger partial charge in [-0.05, 0) is 29.3 Å². The molecule has 1 radical (unpaired) electrons. The summed E-state index contributed by atoms with van der Waals surface area (Å²) in [7, 11) is 0. The Hall–Kier alpha value is -2.45. The zero-order valence-corrected chi connectivity index (χ0v) is 15.2. The molecule has 0 aliphatic heterocycles. The van der Waals surface area contributed by atoms with E-state index in [9.17, 15) is 13.2 Å². The molecule has 1 N–H and O–H groups in total. The van der Waals surface area contributed by atoms with Gasteiger partial charge in [-0.3, -0.25) is 4.98 Å². The molecule has 0 unspecified atom stereocenters. The first kappa shape index (κ1) is 17.9. The molecule has 4 rings (SSSR count). The molecule has 0 aliphatic rings. The van der Waals surface area contributed by atoms with Crippen molar-refractivity contribution in [3.63, 3.8) is 0 Å². The van der Waals surface area contributed by atoms with Gasteiger partial charge in [0.2, 0.25) is 0 Å². The molecular weight excluding hydrogens is 397 g/mol. The second-order valence-corrected chi connectivity index (χ2v) is 7.23. The third kappa shape index (κ3) is 3.68. The first-order valence-corrected chi connectivity index (χ1v) is 9.03. The lowest BCUT2D eigenvalue weighted by Crippen LogP contribution is -2.09. The summed E-state index contributed by atoms with van der Waals surface area (Å²) in [5.41, 5.74) is 0.962. The van der Waals surface area contributed by atoms with Gasteiger partial charge in [0.15, 0.2) is 0 Å². The van der Waals surface area contributed by atoms with Crippen LogP contribution in [-0.2, 0) is 12.6 Å². The average Bonchev–Trinajstić information content (AvgIpc) is 3.19. The Labute approximate surface area is 161 Å². The molecule has 4 heterocycles. The van der Waals surface area contributed by atoms with Crippen LogP contribution in [0, 0.1) is 6.42 Å². The molecule has 0 fully saturated rings. The fourth-order valence-electron chi connectivity index (χ4n) is 2.77. The van der Waals surface area contributed by atoms with E-state index in [1.165, 1.54) is 24.0 Å². The number of aromatic amines is 1. The van der Waals surface area contributed by atoms with Crippen molar-refractivity contribution in [1.29, 1.82) is 0 Å². The van der Waals surface area contributed by atoms with Crippen LogP contribution in [-0.4, -0.2) is 19.9 Å². The van der Waals surface area contributed by atoms with Gasteiger partial charge < -0.3 is 4.98 Å². The summed E-state index contributed by atoms with van der Waals surface area (Å²) in [5, 5.41) is 1.65. The highest BCUT2D eigenvalue weighted by Crippen LogP contribution is 2.35. The van der Waals surface area contributed by atoms with E-state index < -0.39 is 11.7 Å². The normalized spacial score (nSPS) is 12.0. The molecule has 4 nitrogen and oxygen atoms in total. The number of rotatable bonds is 4. The molecule has 0 saturated heterocycles. The van der Waals surface area contributed by atoms with Crippen LogP contribution in [0.5, 0.6) is 0 Å². The zero-order chi connectivity index (χ0) is 19.0. The SMILES string of the molecule is FC(F)(F)c1ccncc1[CH]c1nc(Cl)c(Cc2c[nH]c3ncccc23)s1. The van der Waals surface area contributed by atoms with Crippen LogP contribution >= 0.6 is 22.9 Å². The van der Waals surface area contributed by atoms with Crippen LogP contribution in [0.2, 0.25) is 5.15 Å². The molecule has 4 aromatic heterocycles. The third-order valence-corrected chi connectivity index (χ3v) is 5.42. The number of H-pyrrole nitrogens is 1. The minimum atomic E-state index is -4.46. The lowest BCUT2D eigenvalue weighted by molar-refractivity contribution is -0.138. The quantitative estimate of drug-likeness (QED) is 0.501. The van der Waals surface area contributed by atoms with Crippen molar-refractivity contribution < 1.29 is 13.2 Å². The maximum atomic E-state index is 13.1. The number of halogens is 4. The minimum absolute atomic E-state index is 0.0433. The molecule has 0 bridgehead atoms. The van der Waals surface area contributed by atoms with Gasteiger partial charge in [-0.25, -0.2) is 9.97 Å². The van der Waals surface area contributed by atoms with Gasteiger partial charge in [-0.15, -0.1) is 11.3 Å². The lowest BCUT2D eigenvalue weighted by atomic mass is 10.1. The maximum Gasteiger partial charge on any atom is 0.416 e. The first-order chi connectivity index (χ1) is 12.9. The second kappa shape index (κ2) is 6.94. The number of hydrogen-bond acceptors (Lipinski definition) is 4. The molecule has 0 atom stereocenters. The summed E-state index contributed by atoms with van der Waals surface area (Å²) in [6.07, 6.45) is 3.23. The van der Waals surface area contributed by atoms with Crippen LogP contribution in [0.25, 0.3) is 11.0 Å². The Morgan fingerprint density at radius 1 is 1.22 bits per heavy atom. The molecule has 0 saturated carbocycles. The average molecular weight is 408 g/mol. The van der Waals surface area contributed by atoms with Gasteiger partial charge >= 0.3 is 6.18 Å². The molecule has 0 spiro atoms. The topological polar surface area (TPSA) is 54.5 Å². The van der Waals surface area contributed by atoms with Crippen molar-refractivity contribution in [3.05, 3.63) is 81.1 Å². The highest BCUT2D eigenvalue weighted by atomic mass is 35.5. The van der Waals surface area contributed by atoms with Crippen LogP contribution in [0.4, 0.5) is 13.2 Å². The number of alkyl halides is 3. The van der Waals surface area contributed by atoms with E-state index in [1.54, 1.807) is 6.20 Å². The first-order valence-electron chi connectivity index (χ1n) is 7.84. The van der Waals surface area contributed by atoms with Gasteiger partial charge in [-0.1, -0.05) is 11.6 Å². The van der Waals surface area contributed by atoms with E-state index in [1.807, 2.05) is 18.3 Å². The van der Waals surface area contributed by atoms with Crippen molar-refractivity contribution in [1.82, 2.24) is 19.9 Å². The van der Waals surface area contributed by atoms with Crippen molar-refractivity contribution in [2.24, 2.45) is 0 Å². The predicted octanol–water partition coefficient (Wildman–Crippen LogP) is 5.28. The van der Waals surface area contributed by atoms with Gasteiger partial charge in [0.25, 0.3) is 0 Å². The Balaban J connectivity index is 1.61. The fraction of sp³-hybridized carbons (Fsp3) is 0.111. The van der Waals surface area contributed by atoms with Crippen LogP contribution in [0.15, 0.2) is 43.0 Å². The summed E-state index contributed by atoms with van der Waals surface area (Å²) in [5.74, 6) is 0. The van der Waals surface area contributed by atoms with E-state index in [0.29, 0.717) is 11.4 Å². The lowest BCUT2D eigenvalue weighted by Gasteiger charge is -2.10. The van der Waals surface area contributed by atoms with E-state index in [0.717, 1.165) is 33.7 Å². The maximum absolute atomic E-state index is 13.1. The third-order valence-electron chi connectivity index (χ3n) is 3.99. The number of thiazole rings is 1. The molecule has 0 aromatic carbocycles. The Morgan fingerprint density at radius 2 is 2.07 bits per heavy atom. The van der Waals surface area contributed by atoms with Crippen molar-refractivity contribution >= 4 is 34.0 Å². The number of aromatic nitrogens is 4. The highest BCUT2D eigenvalue weighted by molar-refractivity contribution is 7.12. The molecular formula is C18H11ClF3N4S. The van der Waals surface area contributed by atoms with E-state index >= 15 is 0 Å². The number of nitrogens with zero attached hydrogens (tertiary/aromatic N) is 3. The van der Waals surface area contributed by atoms with Crippen molar-refractivity contribution in [3.8, 4) is 0 Å². The molecule has 27 heavy (non-hydrogen) atoms. The van der Waals surface area contributed by atoms with Gasteiger partial charge in [0, 0.05) is 41.5 Å². The number of fused-ring (bicyclic) bond motifs is 1. The number of hydrogen-bond donors (Lipinski definition) is 1. The number of nitrogens with one attached hydrogen (secondary N) is 1. The molecule has 4 aromatic rings. The highest BCUT2D eigenvalue weighted by Gasteiger charge is 2.33.